The molecule has 10 aromatic carbocycles. The first kappa shape index (κ1) is 34.6. The van der Waals surface area contributed by atoms with E-state index in [1.807, 2.05) is 0 Å². The Kier molecular flexibility index (Phi) is 7.52. The fourth-order valence-corrected chi connectivity index (χ4v) is 10.1. The van der Waals surface area contributed by atoms with Gasteiger partial charge in [0.1, 0.15) is 11.2 Å². The Hall–Kier alpha value is -7.42. The van der Waals surface area contributed by atoms with Crippen molar-refractivity contribution in [3.63, 3.8) is 0 Å². The van der Waals surface area contributed by atoms with E-state index in [2.05, 4.69) is 220 Å². The van der Waals surface area contributed by atoms with E-state index in [0.717, 1.165) is 50.1 Å². The largest absolute Gasteiger partial charge is 0.455 e. The number of para-hydroxylation sites is 2. The van der Waals surface area contributed by atoms with Crippen LogP contribution in [0.4, 0.5) is 17.1 Å². The van der Waals surface area contributed by atoms with Crippen LogP contribution in [0.1, 0.15) is 30.5 Å². The summed E-state index contributed by atoms with van der Waals surface area (Å²) in [7, 11) is 0. The van der Waals surface area contributed by atoms with E-state index in [1.165, 1.54) is 71.3 Å². The summed E-state index contributed by atoms with van der Waals surface area (Å²) in [5.41, 5.74) is 16.2. The maximum Gasteiger partial charge on any atom is 0.143 e. The van der Waals surface area contributed by atoms with Gasteiger partial charge < -0.3 is 9.32 Å². The predicted octanol–water partition coefficient (Wildman–Crippen LogP) is 16.5. The van der Waals surface area contributed by atoms with Gasteiger partial charge in [0.25, 0.3) is 0 Å². The molecular weight excluding hydrogens is 727 g/mol. The average Bonchev–Trinajstić information content (AvgIpc) is 3.76. The number of hydrogen-bond donors (Lipinski definition) is 0. The topological polar surface area (TPSA) is 16.4 Å². The Bertz CT molecular complexity index is 3550. The molecule has 1 heterocycles. The number of aryl methyl sites for hydroxylation is 1. The smallest absolute Gasteiger partial charge is 0.143 e. The van der Waals surface area contributed by atoms with Crippen molar-refractivity contribution in [2.75, 3.05) is 4.90 Å². The van der Waals surface area contributed by atoms with Gasteiger partial charge >= 0.3 is 0 Å². The molecule has 0 unspecified atom stereocenters. The van der Waals surface area contributed by atoms with Crippen LogP contribution in [0.15, 0.2) is 199 Å². The Morgan fingerprint density at radius 1 is 0.400 bits per heavy atom. The monoisotopic (exact) mass is 767 g/mol. The SMILES string of the molecule is Cc1cc(N(c2ccc3c(c2)C(C)(C)c2ccccc2-3)c2ccccc2-c2cccc3c2oc2cc4ccccc4cc23)ccc1-c1ccc2c(ccc3ccccc32)c1. The molecule has 0 saturated carbocycles. The van der Waals surface area contributed by atoms with Gasteiger partial charge in [0.15, 0.2) is 0 Å². The highest BCUT2D eigenvalue weighted by Crippen LogP contribution is 2.52. The zero-order valence-electron chi connectivity index (χ0n) is 33.8. The molecule has 2 nitrogen and oxygen atoms in total. The third-order valence-corrected chi connectivity index (χ3v) is 13.1. The number of anilines is 3. The van der Waals surface area contributed by atoms with Crippen molar-refractivity contribution in [1.29, 1.82) is 0 Å². The van der Waals surface area contributed by atoms with Gasteiger partial charge in [0.05, 0.1) is 5.69 Å². The van der Waals surface area contributed by atoms with E-state index in [4.69, 9.17) is 4.42 Å². The van der Waals surface area contributed by atoms with Crippen LogP contribution in [-0.4, -0.2) is 0 Å². The molecule has 1 aliphatic rings. The third kappa shape index (κ3) is 5.20. The summed E-state index contributed by atoms with van der Waals surface area (Å²) >= 11 is 0. The van der Waals surface area contributed by atoms with E-state index in [0.29, 0.717) is 0 Å². The highest BCUT2D eigenvalue weighted by molar-refractivity contribution is 6.14. The second-order valence-corrected chi connectivity index (χ2v) is 17.0. The van der Waals surface area contributed by atoms with E-state index in [-0.39, 0.29) is 5.41 Å². The predicted molar refractivity (Wildman–Crippen MR) is 254 cm³/mol. The summed E-state index contributed by atoms with van der Waals surface area (Å²) in [6.45, 7) is 6.96. The average molecular weight is 768 g/mol. The highest BCUT2D eigenvalue weighted by atomic mass is 16.3. The van der Waals surface area contributed by atoms with Crippen molar-refractivity contribution in [1.82, 2.24) is 0 Å². The third-order valence-electron chi connectivity index (χ3n) is 13.1. The minimum Gasteiger partial charge on any atom is -0.455 e. The fraction of sp³-hybridized carbons (Fsp3) is 0.0690. The van der Waals surface area contributed by atoms with Crippen molar-refractivity contribution in [2.45, 2.75) is 26.2 Å². The lowest BCUT2D eigenvalue weighted by Crippen LogP contribution is -2.17. The van der Waals surface area contributed by atoms with Crippen molar-refractivity contribution < 1.29 is 4.42 Å². The van der Waals surface area contributed by atoms with Gasteiger partial charge in [-0.15, -0.1) is 0 Å². The van der Waals surface area contributed by atoms with Gasteiger partial charge in [0, 0.05) is 38.7 Å². The van der Waals surface area contributed by atoms with Crippen LogP contribution in [-0.2, 0) is 5.41 Å². The molecule has 0 atom stereocenters. The molecule has 2 heteroatoms. The first-order valence-electron chi connectivity index (χ1n) is 20.9. The van der Waals surface area contributed by atoms with Gasteiger partial charge in [-0.3, -0.25) is 0 Å². The molecule has 60 heavy (non-hydrogen) atoms. The molecule has 0 fully saturated rings. The van der Waals surface area contributed by atoms with Gasteiger partial charge in [-0.25, -0.2) is 0 Å². The summed E-state index contributed by atoms with van der Waals surface area (Å²) in [6, 6.07) is 71.3. The van der Waals surface area contributed by atoms with Crippen LogP contribution < -0.4 is 4.90 Å². The molecule has 284 valence electrons. The number of fused-ring (bicyclic) bond motifs is 10. The molecule has 0 amide bonds. The Balaban J connectivity index is 1.05. The van der Waals surface area contributed by atoms with Crippen LogP contribution >= 0.6 is 0 Å². The summed E-state index contributed by atoms with van der Waals surface area (Å²) < 4.78 is 6.84. The summed E-state index contributed by atoms with van der Waals surface area (Å²) in [4.78, 5) is 2.45. The zero-order valence-corrected chi connectivity index (χ0v) is 33.8. The summed E-state index contributed by atoms with van der Waals surface area (Å²) in [6.07, 6.45) is 0. The standard InChI is InChI=1S/C58H41NO/c1-36-31-42(26-29-44(36)40-25-28-46-41(32-40)24-23-37-13-6-7-16-45(37)46)59(43-27-30-48-47-17-8-10-21-53(47)58(2,3)54(48)35-43)55-22-11-9-18-49(55)50-19-12-20-51-52-33-38-14-4-5-15-39(38)34-56(52)60-57(50)51/h4-35H,1-3H3. The van der Waals surface area contributed by atoms with Crippen LogP contribution in [0.25, 0.3) is 87.6 Å². The summed E-state index contributed by atoms with van der Waals surface area (Å²) in [5.74, 6) is 0. The molecule has 0 spiro atoms. The minimum absolute atomic E-state index is 0.141. The number of benzene rings is 10. The van der Waals surface area contributed by atoms with Gasteiger partial charge in [-0.1, -0.05) is 159 Å². The van der Waals surface area contributed by atoms with E-state index in [9.17, 15) is 0 Å². The molecular formula is C58H41NO. The Morgan fingerprint density at radius 2 is 1.03 bits per heavy atom. The lowest BCUT2D eigenvalue weighted by atomic mass is 9.82. The first-order chi connectivity index (χ1) is 29.4. The highest BCUT2D eigenvalue weighted by Gasteiger charge is 2.36. The number of furan rings is 1. The minimum atomic E-state index is -0.141. The van der Waals surface area contributed by atoms with E-state index in [1.54, 1.807) is 0 Å². The van der Waals surface area contributed by atoms with Gasteiger partial charge in [0.2, 0.25) is 0 Å². The van der Waals surface area contributed by atoms with E-state index >= 15 is 0 Å². The second kappa shape index (κ2) is 13.0. The summed E-state index contributed by atoms with van der Waals surface area (Å²) in [5, 5.41) is 9.72. The number of nitrogens with zero attached hydrogens (tertiary/aromatic N) is 1. The maximum atomic E-state index is 6.84. The fourth-order valence-electron chi connectivity index (χ4n) is 10.1. The lowest BCUT2D eigenvalue weighted by Gasteiger charge is -2.30. The van der Waals surface area contributed by atoms with Gasteiger partial charge in [-0.2, -0.15) is 0 Å². The molecule has 1 aliphatic carbocycles. The Labute approximate surface area is 349 Å². The number of hydrogen-bond acceptors (Lipinski definition) is 2. The molecule has 12 rings (SSSR count). The maximum absolute atomic E-state index is 6.84. The van der Waals surface area contributed by atoms with Crippen molar-refractivity contribution in [3.8, 4) is 33.4 Å². The molecule has 0 radical (unpaired) electrons. The molecule has 0 aliphatic heterocycles. The lowest BCUT2D eigenvalue weighted by molar-refractivity contribution is 0.660. The molecule has 0 bridgehead atoms. The van der Waals surface area contributed by atoms with Crippen molar-refractivity contribution in [3.05, 3.63) is 211 Å². The van der Waals surface area contributed by atoms with Crippen LogP contribution in [0.2, 0.25) is 0 Å². The Morgan fingerprint density at radius 3 is 1.88 bits per heavy atom. The molecule has 1 aromatic heterocycles. The first-order valence-corrected chi connectivity index (χ1v) is 20.9. The molecule has 0 N–H and O–H groups in total. The van der Waals surface area contributed by atoms with Crippen molar-refractivity contribution in [2.24, 2.45) is 0 Å². The molecule has 0 saturated heterocycles. The second-order valence-electron chi connectivity index (χ2n) is 17.0. The van der Waals surface area contributed by atoms with Crippen LogP contribution in [0.3, 0.4) is 0 Å². The quantitative estimate of drug-likeness (QED) is 0.162. The van der Waals surface area contributed by atoms with Gasteiger partial charge in [-0.05, 0) is 127 Å². The van der Waals surface area contributed by atoms with Crippen LogP contribution in [0.5, 0.6) is 0 Å². The van der Waals surface area contributed by atoms with E-state index < -0.39 is 0 Å². The van der Waals surface area contributed by atoms with Crippen molar-refractivity contribution >= 4 is 71.3 Å². The zero-order chi connectivity index (χ0) is 40.1. The van der Waals surface area contributed by atoms with Crippen LogP contribution in [0, 0.1) is 6.92 Å². The number of rotatable bonds is 5. The molecule has 11 aromatic rings. The normalized spacial score (nSPS) is 13.1.